The minimum absolute atomic E-state index is 0.139. The summed E-state index contributed by atoms with van der Waals surface area (Å²) in [5, 5.41) is 6.85. The minimum atomic E-state index is -4.64. The molecular formula is C25H24ClF3N4O3. The van der Waals surface area contributed by atoms with Crippen molar-refractivity contribution in [2.24, 2.45) is 0 Å². The Balaban J connectivity index is 1.59. The number of amides is 2. The zero-order valence-electron chi connectivity index (χ0n) is 19.5. The molecule has 1 aliphatic rings. The Bertz CT molecular complexity index is 1280. The Morgan fingerprint density at radius 3 is 2.42 bits per heavy atom. The molecule has 2 heterocycles. The topological polar surface area (TPSA) is 83.6 Å². The lowest BCUT2D eigenvalue weighted by atomic mass is 9.99. The SMILES string of the molecule is COc1ccc(C(=O)N[C@H]2C[C@@H](Nc3cc(C(F)(F)F)nc4ccc(Cl)cc34)CN(C(C)=O)C2)cc1. The highest BCUT2D eigenvalue weighted by Crippen LogP contribution is 2.34. The van der Waals surface area contributed by atoms with Crippen LogP contribution in [0.25, 0.3) is 10.9 Å². The third-order valence-electron chi connectivity index (χ3n) is 6.00. The van der Waals surface area contributed by atoms with Gasteiger partial charge in [0.15, 0.2) is 0 Å². The number of alkyl halides is 3. The molecule has 0 unspecified atom stereocenters. The number of likely N-dealkylation sites (tertiary alicyclic amines) is 1. The lowest BCUT2D eigenvalue weighted by Crippen LogP contribution is -2.55. The molecular weight excluding hydrogens is 497 g/mol. The second-order valence-electron chi connectivity index (χ2n) is 8.61. The van der Waals surface area contributed by atoms with E-state index in [2.05, 4.69) is 15.6 Å². The fraction of sp³-hybridized carbons (Fsp3) is 0.320. The van der Waals surface area contributed by atoms with Crippen LogP contribution >= 0.6 is 11.6 Å². The fourth-order valence-electron chi connectivity index (χ4n) is 4.26. The molecule has 2 amide bonds. The molecule has 4 rings (SSSR count). The predicted octanol–water partition coefficient (Wildman–Crippen LogP) is 4.75. The fourth-order valence-corrected chi connectivity index (χ4v) is 4.43. The van der Waals surface area contributed by atoms with Crippen molar-refractivity contribution in [3.63, 3.8) is 0 Å². The highest BCUT2D eigenvalue weighted by molar-refractivity contribution is 6.31. The van der Waals surface area contributed by atoms with Gasteiger partial charge in [0.05, 0.1) is 12.6 Å². The monoisotopic (exact) mass is 520 g/mol. The van der Waals surface area contributed by atoms with Gasteiger partial charge in [0.1, 0.15) is 11.4 Å². The summed E-state index contributed by atoms with van der Waals surface area (Å²) in [4.78, 5) is 30.3. The Labute approximate surface area is 210 Å². The lowest BCUT2D eigenvalue weighted by Gasteiger charge is -2.38. The van der Waals surface area contributed by atoms with E-state index in [0.717, 1.165) is 6.07 Å². The normalized spacial score (nSPS) is 18.1. The Morgan fingerprint density at radius 2 is 1.78 bits per heavy atom. The number of piperidine rings is 1. The molecule has 0 bridgehead atoms. The third kappa shape index (κ3) is 5.81. The van der Waals surface area contributed by atoms with Gasteiger partial charge in [-0.25, -0.2) is 4.98 Å². The van der Waals surface area contributed by atoms with E-state index in [1.54, 1.807) is 35.2 Å². The van der Waals surface area contributed by atoms with Crippen LogP contribution in [0.2, 0.25) is 5.02 Å². The van der Waals surface area contributed by atoms with Crippen LogP contribution in [-0.4, -0.2) is 54.0 Å². The number of hydrogen-bond donors (Lipinski definition) is 2. The van der Waals surface area contributed by atoms with Crippen molar-refractivity contribution in [1.29, 1.82) is 0 Å². The number of fused-ring (bicyclic) bond motifs is 1. The molecule has 36 heavy (non-hydrogen) atoms. The number of ether oxygens (including phenoxy) is 1. The maximum Gasteiger partial charge on any atom is 0.433 e. The van der Waals surface area contributed by atoms with Crippen molar-refractivity contribution in [2.45, 2.75) is 31.6 Å². The van der Waals surface area contributed by atoms with E-state index in [9.17, 15) is 22.8 Å². The van der Waals surface area contributed by atoms with E-state index in [1.807, 2.05) is 0 Å². The molecule has 2 aromatic carbocycles. The largest absolute Gasteiger partial charge is 0.497 e. The molecule has 1 aliphatic heterocycles. The summed E-state index contributed by atoms with van der Waals surface area (Å²) in [6.45, 7) is 1.95. The number of pyridine rings is 1. The number of carbonyl (C=O) groups is 2. The molecule has 2 N–H and O–H groups in total. The van der Waals surface area contributed by atoms with Crippen molar-refractivity contribution in [2.75, 3.05) is 25.5 Å². The van der Waals surface area contributed by atoms with Crippen LogP contribution in [0, 0.1) is 0 Å². The molecule has 1 fully saturated rings. The van der Waals surface area contributed by atoms with Gasteiger partial charge in [-0.2, -0.15) is 13.2 Å². The van der Waals surface area contributed by atoms with Crippen LogP contribution in [-0.2, 0) is 11.0 Å². The smallest absolute Gasteiger partial charge is 0.433 e. The lowest BCUT2D eigenvalue weighted by molar-refractivity contribution is -0.140. The molecule has 0 aliphatic carbocycles. The second kappa shape index (κ2) is 10.2. The van der Waals surface area contributed by atoms with Crippen molar-refractivity contribution in [1.82, 2.24) is 15.2 Å². The van der Waals surface area contributed by atoms with Gasteiger partial charge < -0.3 is 20.3 Å². The number of aromatic nitrogens is 1. The summed E-state index contributed by atoms with van der Waals surface area (Å²) in [6, 6.07) is 11.1. The summed E-state index contributed by atoms with van der Waals surface area (Å²) in [7, 11) is 1.53. The molecule has 1 aromatic heterocycles. The van der Waals surface area contributed by atoms with E-state index in [1.165, 1.54) is 26.2 Å². The summed E-state index contributed by atoms with van der Waals surface area (Å²) >= 11 is 6.10. The molecule has 3 aromatic rings. The summed E-state index contributed by atoms with van der Waals surface area (Å²) in [6.07, 6.45) is -4.26. The van der Waals surface area contributed by atoms with Crippen LogP contribution in [0.15, 0.2) is 48.5 Å². The van der Waals surface area contributed by atoms with Gasteiger partial charge in [0.2, 0.25) is 5.91 Å². The molecule has 2 atom stereocenters. The van der Waals surface area contributed by atoms with Crippen molar-refractivity contribution < 1.29 is 27.5 Å². The number of anilines is 1. The van der Waals surface area contributed by atoms with Gasteiger partial charge in [-0.05, 0) is 55.0 Å². The van der Waals surface area contributed by atoms with Gasteiger partial charge in [0.25, 0.3) is 5.91 Å². The number of rotatable bonds is 5. The van der Waals surface area contributed by atoms with E-state index < -0.39 is 24.0 Å². The Hall–Kier alpha value is -3.53. The third-order valence-corrected chi connectivity index (χ3v) is 6.24. The number of halogens is 4. The second-order valence-corrected chi connectivity index (χ2v) is 9.05. The van der Waals surface area contributed by atoms with E-state index in [-0.39, 0.29) is 36.1 Å². The zero-order chi connectivity index (χ0) is 26.0. The van der Waals surface area contributed by atoms with Gasteiger partial charge in [-0.3, -0.25) is 9.59 Å². The van der Waals surface area contributed by atoms with Crippen LogP contribution in [0.5, 0.6) is 5.75 Å². The first-order valence-corrected chi connectivity index (χ1v) is 11.6. The van der Waals surface area contributed by atoms with Gasteiger partial charge in [-0.1, -0.05) is 11.6 Å². The first kappa shape index (κ1) is 25.6. The predicted molar refractivity (Wildman–Crippen MR) is 130 cm³/mol. The van der Waals surface area contributed by atoms with E-state index >= 15 is 0 Å². The minimum Gasteiger partial charge on any atom is -0.497 e. The molecule has 0 spiro atoms. The van der Waals surface area contributed by atoms with E-state index in [4.69, 9.17) is 16.3 Å². The van der Waals surface area contributed by atoms with Gasteiger partial charge >= 0.3 is 6.18 Å². The average molecular weight is 521 g/mol. The van der Waals surface area contributed by atoms with Crippen LogP contribution in [0.1, 0.15) is 29.4 Å². The molecule has 11 heteroatoms. The number of methoxy groups -OCH3 is 1. The number of hydrogen-bond acceptors (Lipinski definition) is 5. The average Bonchev–Trinajstić information content (AvgIpc) is 2.83. The number of carbonyl (C=O) groups excluding carboxylic acids is 2. The van der Waals surface area contributed by atoms with E-state index in [0.29, 0.717) is 28.1 Å². The molecule has 0 saturated carbocycles. The highest BCUT2D eigenvalue weighted by atomic mass is 35.5. The standard InChI is InChI=1S/C25H24ClF3N4O3/c1-14(34)33-12-17(10-18(13-33)31-24(35)15-3-6-19(36-2)7-4-15)30-22-11-23(25(27,28)29)32-21-8-5-16(26)9-20(21)22/h3-9,11,17-18H,10,12-13H2,1-2H3,(H,30,32)(H,31,35)/t17-,18+/m1/s1. The van der Waals surface area contributed by atoms with Crippen LogP contribution in [0.3, 0.4) is 0 Å². The summed E-state index contributed by atoms with van der Waals surface area (Å²) < 4.78 is 45.6. The van der Waals surface area contributed by atoms with Crippen molar-refractivity contribution in [3.8, 4) is 5.75 Å². The highest BCUT2D eigenvalue weighted by Gasteiger charge is 2.35. The van der Waals surface area contributed by atoms with Crippen molar-refractivity contribution in [3.05, 3.63) is 64.8 Å². The molecule has 190 valence electrons. The first-order valence-electron chi connectivity index (χ1n) is 11.2. The Kier molecular flexibility index (Phi) is 7.26. The Morgan fingerprint density at radius 1 is 1.08 bits per heavy atom. The quantitative estimate of drug-likeness (QED) is 0.507. The van der Waals surface area contributed by atoms with Gasteiger partial charge in [0, 0.05) is 53.8 Å². The summed E-state index contributed by atoms with van der Waals surface area (Å²) in [5.74, 6) is 0.0789. The number of nitrogens with zero attached hydrogens (tertiary/aromatic N) is 2. The first-order chi connectivity index (χ1) is 17.0. The van der Waals surface area contributed by atoms with Crippen LogP contribution in [0.4, 0.5) is 18.9 Å². The maximum absolute atomic E-state index is 13.5. The molecule has 7 nitrogen and oxygen atoms in total. The van der Waals surface area contributed by atoms with Crippen molar-refractivity contribution >= 4 is 40.0 Å². The number of nitrogens with one attached hydrogen (secondary N) is 2. The summed E-state index contributed by atoms with van der Waals surface area (Å²) in [5.41, 5.74) is -0.279. The molecule has 0 radical (unpaired) electrons. The number of benzene rings is 2. The molecule has 1 saturated heterocycles. The van der Waals surface area contributed by atoms with Gasteiger partial charge in [-0.15, -0.1) is 0 Å². The maximum atomic E-state index is 13.5. The van der Waals surface area contributed by atoms with Crippen LogP contribution < -0.4 is 15.4 Å². The zero-order valence-corrected chi connectivity index (χ0v) is 20.3.